The van der Waals surface area contributed by atoms with Gasteiger partial charge in [-0.2, -0.15) is 0 Å². The van der Waals surface area contributed by atoms with Crippen LogP contribution in [0.4, 0.5) is 0 Å². The van der Waals surface area contributed by atoms with Crippen molar-refractivity contribution in [2.24, 2.45) is 0 Å². The number of hydrogen-bond acceptors (Lipinski definition) is 2. The fourth-order valence-electron chi connectivity index (χ4n) is 6.67. The van der Waals surface area contributed by atoms with Gasteiger partial charge in [0.15, 0.2) is 0 Å². The number of pyridine rings is 1. The average Bonchev–Trinajstić information content (AvgIpc) is 3.66. The molecule has 0 aliphatic heterocycles. The Morgan fingerprint density at radius 1 is 0.455 bits per heavy atom. The van der Waals surface area contributed by atoms with E-state index in [1.54, 1.807) is 0 Å². The SMILES string of the molecule is O=c1c2c(nc(-c3ccccc3)n2-c2ccccc2)c2cc(-c3ccccc3)cc3c4cc(-c5ccccc5)ccc4n1c32. The van der Waals surface area contributed by atoms with Crippen molar-refractivity contribution >= 4 is 38.2 Å². The molecule has 44 heavy (non-hydrogen) atoms. The lowest BCUT2D eigenvalue weighted by atomic mass is 9.98. The molecule has 3 aromatic heterocycles. The van der Waals surface area contributed by atoms with E-state index in [2.05, 4.69) is 91.0 Å². The minimum Gasteiger partial charge on any atom is -0.287 e. The molecule has 4 heteroatoms. The third-order valence-corrected chi connectivity index (χ3v) is 8.66. The highest BCUT2D eigenvalue weighted by atomic mass is 16.1. The third kappa shape index (κ3) is 3.58. The van der Waals surface area contributed by atoms with Gasteiger partial charge in [0.05, 0.1) is 11.0 Å². The fraction of sp³-hybridized carbons (Fsp3) is 0. The molecular formula is C40H25N3O. The summed E-state index contributed by atoms with van der Waals surface area (Å²) in [7, 11) is 0. The van der Waals surface area contributed by atoms with Gasteiger partial charge in [-0.1, -0.05) is 115 Å². The second kappa shape index (κ2) is 9.51. The van der Waals surface area contributed by atoms with E-state index in [1.165, 1.54) is 0 Å². The highest BCUT2D eigenvalue weighted by Crippen LogP contribution is 2.40. The zero-order chi connectivity index (χ0) is 29.2. The van der Waals surface area contributed by atoms with Crippen LogP contribution in [0.25, 0.3) is 77.6 Å². The second-order valence-electron chi connectivity index (χ2n) is 11.2. The number of imidazole rings is 1. The monoisotopic (exact) mass is 563 g/mol. The number of para-hydroxylation sites is 1. The van der Waals surface area contributed by atoms with E-state index in [0.717, 1.165) is 66.5 Å². The van der Waals surface area contributed by atoms with E-state index in [-0.39, 0.29) is 5.56 Å². The van der Waals surface area contributed by atoms with Crippen LogP contribution in [0.2, 0.25) is 0 Å². The molecule has 9 aromatic rings. The Bertz CT molecular complexity index is 2530. The number of rotatable bonds is 4. The summed E-state index contributed by atoms with van der Waals surface area (Å²) < 4.78 is 3.93. The van der Waals surface area contributed by atoms with Gasteiger partial charge >= 0.3 is 0 Å². The van der Waals surface area contributed by atoms with Crippen LogP contribution in [-0.2, 0) is 0 Å². The van der Waals surface area contributed by atoms with Gasteiger partial charge < -0.3 is 0 Å². The standard InChI is InChI=1S/C40H25N3O/c44-40-38-36(41-39(28-17-9-3-10-18-28)42(38)31-19-11-4-12-20-31)34-25-30(27-15-7-2-8-16-27)24-33-32-23-29(26-13-5-1-6-14-26)21-22-35(32)43(40)37(33)34/h1-25H. The lowest BCUT2D eigenvalue weighted by Gasteiger charge is -2.10. The van der Waals surface area contributed by atoms with Crippen molar-refractivity contribution in [2.45, 2.75) is 0 Å². The van der Waals surface area contributed by atoms with Crippen LogP contribution in [0, 0.1) is 0 Å². The van der Waals surface area contributed by atoms with E-state index < -0.39 is 0 Å². The Balaban J connectivity index is 1.49. The second-order valence-corrected chi connectivity index (χ2v) is 11.2. The summed E-state index contributed by atoms with van der Waals surface area (Å²) in [5.41, 5.74) is 9.32. The maximum atomic E-state index is 14.8. The Kier molecular flexibility index (Phi) is 5.32. The number of hydrogen-bond donors (Lipinski definition) is 0. The molecule has 4 nitrogen and oxygen atoms in total. The van der Waals surface area contributed by atoms with E-state index in [9.17, 15) is 4.79 Å². The predicted octanol–water partition coefficient (Wildman–Crippen LogP) is 9.38. The summed E-state index contributed by atoms with van der Waals surface area (Å²) in [5, 5.41) is 3.05. The number of fused-ring (bicyclic) bond motifs is 5. The van der Waals surface area contributed by atoms with E-state index in [4.69, 9.17) is 4.98 Å². The molecule has 0 spiro atoms. The zero-order valence-electron chi connectivity index (χ0n) is 23.7. The van der Waals surface area contributed by atoms with Gasteiger partial charge in [0.2, 0.25) is 0 Å². The quantitative estimate of drug-likeness (QED) is 0.214. The summed E-state index contributed by atoms with van der Waals surface area (Å²) in [6.07, 6.45) is 0. The molecule has 0 aliphatic rings. The largest absolute Gasteiger partial charge is 0.287 e. The first-order valence-electron chi connectivity index (χ1n) is 14.8. The third-order valence-electron chi connectivity index (χ3n) is 8.66. The first-order chi connectivity index (χ1) is 21.8. The molecule has 0 unspecified atom stereocenters. The molecular weight excluding hydrogens is 538 g/mol. The number of aromatic nitrogens is 3. The molecule has 3 heterocycles. The van der Waals surface area contributed by atoms with Gasteiger partial charge in [-0.15, -0.1) is 0 Å². The first kappa shape index (κ1) is 24.6. The van der Waals surface area contributed by atoms with Crippen molar-refractivity contribution in [2.75, 3.05) is 0 Å². The molecule has 0 saturated carbocycles. The van der Waals surface area contributed by atoms with Crippen molar-refractivity contribution in [3.63, 3.8) is 0 Å². The van der Waals surface area contributed by atoms with Crippen molar-refractivity contribution < 1.29 is 0 Å². The molecule has 0 saturated heterocycles. The van der Waals surface area contributed by atoms with E-state index >= 15 is 0 Å². The lowest BCUT2D eigenvalue weighted by molar-refractivity contribution is 1.08. The Labute approximate surface area is 253 Å². The van der Waals surface area contributed by atoms with Gasteiger partial charge in [-0.3, -0.25) is 13.8 Å². The molecule has 0 N–H and O–H groups in total. The zero-order valence-corrected chi connectivity index (χ0v) is 23.7. The Morgan fingerprint density at radius 3 is 1.66 bits per heavy atom. The lowest BCUT2D eigenvalue weighted by Crippen LogP contribution is -2.16. The van der Waals surface area contributed by atoms with Crippen LogP contribution in [-0.4, -0.2) is 14.0 Å². The van der Waals surface area contributed by atoms with Gasteiger partial charge in [-0.25, -0.2) is 4.98 Å². The van der Waals surface area contributed by atoms with E-state index in [1.807, 2.05) is 69.6 Å². The van der Waals surface area contributed by atoms with Crippen LogP contribution >= 0.6 is 0 Å². The molecule has 0 atom stereocenters. The van der Waals surface area contributed by atoms with Gasteiger partial charge in [0, 0.05) is 27.4 Å². The van der Waals surface area contributed by atoms with Gasteiger partial charge in [-0.05, 0) is 58.7 Å². The number of nitrogens with zero attached hydrogens (tertiary/aromatic N) is 3. The summed E-state index contributed by atoms with van der Waals surface area (Å²) in [6, 6.07) is 51.9. The molecule has 0 fully saturated rings. The summed E-state index contributed by atoms with van der Waals surface area (Å²) in [5.74, 6) is 0.745. The molecule has 206 valence electrons. The first-order valence-corrected chi connectivity index (χ1v) is 14.8. The predicted molar refractivity (Wildman–Crippen MR) is 181 cm³/mol. The summed E-state index contributed by atoms with van der Waals surface area (Å²) in [4.78, 5) is 20.1. The molecule has 0 radical (unpaired) electrons. The summed E-state index contributed by atoms with van der Waals surface area (Å²) in [6.45, 7) is 0. The molecule has 6 aromatic carbocycles. The highest BCUT2D eigenvalue weighted by Gasteiger charge is 2.25. The minimum absolute atomic E-state index is 0.0778. The van der Waals surface area contributed by atoms with Crippen LogP contribution < -0.4 is 5.56 Å². The van der Waals surface area contributed by atoms with Crippen molar-refractivity contribution in [3.05, 3.63) is 162 Å². The van der Waals surface area contributed by atoms with Crippen LogP contribution in [0.3, 0.4) is 0 Å². The molecule has 0 bridgehead atoms. The van der Waals surface area contributed by atoms with Crippen molar-refractivity contribution in [1.82, 2.24) is 14.0 Å². The molecule has 0 aliphatic carbocycles. The van der Waals surface area contributed by atoms with Crippen LogP contribution in [0.15, 0.2) is 156 Å². The van der Waals surface area contributed by atoms with Crippen LogP contribution in [0.1, 0.15) is 0 Å². The maximum absolute atomic E-state index is 14.8. The minimum atomic E-state index is -0.0778. The van der Waals surface area contributed by atoms with Gasteiger partial charge in [0.25, 0.3) is 5.56 Å². The topological polar surface area (TPSA) is 39.3 Å². The average molecular weight is 564 g/mol. The molecule has 9 rings (SSSR count). The van der Waals surface area contributed by atoms with Crippen molar-refractivity contribution in [3.8, 4) is 39.3 Å². The Hall–Kier alpha value is -6.00. The van der Waals surface area contributed by atoms with Crippen molar-refractivity contribution in [1.29, 1.82) is 0 Å². The normalized spacial score (nSPS) is 11.7. The Morgan fingerprint density at radius 2 is 1.00 bits per heavy atom. The fourth-order valence-corrected chi connectivity index (χ4v) is 6.67. The molecule has 0 amide bonds. The highest BCUT2D eigenvalue weighted by molar-refractivity contribution is 6.21. The van der Waals surface area contributed by atoms with Crippen LogP contribution in [0.5, 0.6) is 0 Å². The maximum Gasteiger partial charge on any atom is 0.282 e. The van der Waals surface area contributed by atoms with E-state index in [0.29, 0.717) is 11.0 Å². The number of benzene rings is 6. The smallest absolute Gasteiger partial charge is 0.282 e. The van der Waals surface area contributed by atoms with Gasteiger partial charge in [0.1, 0.15) is 16.9 Å². The summed E-state index contributed by atoms with van der Waals surface area (Å²) >= 11 is 0.